The number of fused-ring (bicyclic) bond motifs is 1. The van der Waals surface area contributed by atoms with Gasteiger partial charge >= 0.3 is 0 Å². The molecule has 5 heteroatoms. The van der Waals surface area contributed by atoms with Gasteiger partial charge in [0.25, 0.3) is 0 Å². The third-order valence-electron chi connectivity index (χ3n) is 2.83. The molecule has 0 saturated carbocycles. The second kappa shape index (κ2) is 6.24. The van der Waals surface area contributed by atoms with Crippen LogP contribution in [0.15, 0.2) is 36.9 Å². The molecule has 0 bridgehead atoms. The van der Waals surface area contributed by atoms with E-state index in [9.17, 15) is 4.79 Å². The quantitative estimate of drug-likeness (QED) is 0.771. The van der Waals surface area contributed by atoms with Crippen molar-refractivity contribution in [3.05, 3.63) is 36.9 Å². The molecule has 1 amide bonds. The first kappa shape index (κ1) is 13.4. The standard InChI is InChI=1S/C14H18N2O3/c1-2-5-11(15)14(17)16-8-10-9-18-12-6-3-4-7-13(12)19-10/h2-4,6-7,10-11H,1,5,8-9,15H2,(H,16,17). The first-order valence-electron chi connectivity index (χ1n) is 6.23. The summed E-state index contributed by atoms with van der Waals surface area (Å²) in [4.78, 5) is 11.6. The summed E-state index contributed by atoms with van der Waals surface area (Å²) in [5.74, 6) is 1.22. The zero-order chi connectivity index (χ0) is 13.7. The molecule has 3 N–H and O–H groups in total. The topological polar surface area (TPSA) is 73.6 Å². The molecular formula is C14H18N2O3. The SMILES string of the molecule is C=CCC(N)C(=O)NCC1COc2ccccc2O1. The zero-order valence-corrected chi connectivity index (χ0v) is 10.7. The lowest BCUT2D eigenvalue weighted by Gasteiger charge is -2.26. The number of nitrogens with one attached hydrogen (secondary N) is 1. The van der Waals surface area contributed by atoms with E-state index in [-0.39, 0.29) is 12.0 Å². The molecular weight excluding hydrogens is 244 g/mol. The van der Waals surface area contributed by atoms with Crippen LogP contribution in [-0.2, 0) is 4.79 Å². The van der Waals surface area contributed by atoms with E-state index >= 15 is 0 Å². The van der Waals surface area contributed by atoms with Crippen LogP contribution < -0.4 is 20.5 Å². The highest BCUT2D eigenvalue weighted by Crippen LogP contribution is 2.30. The van der Waals surface area contributed by atoms with Crippen LogP contribution in [0.5, 0.6) is 11.5 Å². The first-order valence-corrected chi connectivity index (χ1v) is 6.23. The number of para-hydroxylation sites is 2. The largest absolute Gasteiger partial charge is 0.486 e. The molecule has 2 unspecified atom stereocenters. The highest BCUT2D eigenvalue weighted by molar-refractivity contribution is 5.81. The Hall–Kier alpha value is -2.01. The van der Waals surface area contributed by atoms with E-state index in [1.807, 2.05) is 24.3 Å². The molecule has 0 spiro atoms. The molecule has 1 aliphatic rings. The van der Waals surface area contributed by atoms with Gasteiger partial charge in [-0.05, 0) is 18.6 Å². The van der Waals surface area contributed by atoms with Crippen LogP contribution in [-0.4, -0.2) is 31.2 Å². The number of nitrogens with two attached hydrogens (primary N) is 1. The van der Waals surface area contributed by atoms with Crippen LogP contribution in [0.4, 0.5) is 0 Å². The smallest absolute Gasteiger partial charge is 0.237 e. The molecule has 0 fully saturated rings. The van der Waals surface area contributed by atoms with Crippen molar-refractivity contribution in [2.24, 2.45) is 5.73 Å². The van der Waals surface area contributed by atoms with E-state index in [0.29, 0.717) is 25.3 Å². The summed E-state index contributed by atoms with van der Waals surface area (Å²) >= 11 is 0. The second-order valence-electron chi connectivity index (χ2n) is 4.37. The molecule has 1 aromatic carbocycles. The summed E-state index contributed by atoms with van der Waals surface area (Å²) in [5, 5.41) is 2.75. The number of hydrogen-bond donors (Lipinski definition) is 2. The maximum Gasteiger partial charge on any atom is 0.237 e. The van der Waals surface area contributed by atoms with E-state index < -0.39 is 6.04 Å². The van der Waals surface area contributed by atoms with E-state index in [0.717, 1.165) is 5.75 Å². The number of amides is 1. The Morgan fingerprint density at radius 1 is 1.53 bits per heavy atom. The van der Waals surface area contributed by atoms with Crippen molar-refractivity contribution in [2.75, 3.05) is 13.2 Å². The summed E-state index contributed by atoms with van der Waals surface area (Å²) in [6.45, 7) is 4.34. The lowest BCUT2D eigenvalue weighted by atomic mass is 10.2. The summed E-state index contributed by atoms with van der Waals surface area (Å²) in [6.07, 6.45) is 1.88. The number of benzene rings is 1. The molecule has 19 heavy (non-hydrogen) atoms. The van der Waals surface area contributed by atoms with Crippen LogP contribution in [0.3, 0.4) is 0 Å². The molecule has 1 heterocycles. The van der Waals surface area contributed by atoms with Gasteiger partial charge in [-0.15, -0.1) is 6.58 Å². The molecule has 5 nitrogen and oxygen atoms in total. The fourth-order valence-electron chi connectivity index (χ4n) is 1.80. The number of ether oxygens (including phenoxy) is 2. The van der Waals surface area contributed by atoms with Crippen molar-refractivity contribution >= 4 is 5.91 Å². The van der Waals surface area contributed by atoms with Crippen molar-refractivity contribution in [3.8, 4) is 11.5 Å². The lowest BCUT2D eigenvalue weighted by molar-refractivity contribution is -0.122. The molecule has 1 aromatic rings. The number of carbonyl (C=O) groups excluding carboxylic acids is 1. The average molecular weight is 262 g/mol. The van der Waals surface area contributed by atoms with E-state index in [1.165, 1.54) is 0 Å². The van der Waals surface area contributed by atoms with Gasteiger partial charge in [-0.1, -0.05) is 18.2 Å². The lowest BCUT2D eigenvalue weighted by Crippen LogP contribution is -2.46. The Balaban J connectivity index is 1.82. The third kappa shape index (κ3) is 3.48. The van der Waals surface area contributed by atoms with Gasteiger partial charge in [-0.3, -0.25) is 4.79 Å². The fraction of sp³-hybridized carbons (Fsp3) is 0.357. The number of rotatable bonds is 5. The monoisotopic (exact) mass is 262 g/mol. The number of hydrogen-bond acceptors (Lipinski definition) is 4. The normalized spacial score (nSPS) is 18.5. The van der Waals surface area contributed by atoms with Crippen LogP contribution in [0.2, 0.25) is 0 Å². The Morgan fingerprint density at radius 3 is 3.00 bits per heavy atom. The van der Waals surface area contributed by atoms with Gasteiger partial charge < -0.3 is 20.5 Å². The van der Waals surface area contributed by atoms with E-state index in [1.54, 1.807) is 6.08 Å². The van der Waals surface area contributed by atoms with Crippen molar-refractivity contribution in [3.63, 3.8) is 0 Å². The van der Waals surface area contributed by atoms with E-state index in [4.69, 9.17) is 15.2 Å². The van der Waals surface area contributed by atoms with Gasteiger partial charge in [0.05, 0.1) is 12.6 Å². The minimum absolute atomic E-state index is 0.199. The Bertz CT molecular complexity index is 462. The summed E-state index contributed by atoms with van der Waals surface area (Å²) < 4.78 is 11.3. The maximum absolute atomic E-state index is 11.6. The van der Waals surface area contributed by atoms with Crippen LogP contribution >= 0.6 is 0 Å². The fourth-order valence-corrected chi connectivity index (χ4v) is 1.80. The predicted molar refractivity (Wildman–Crippen MR) is 72.2 cm³/mol. The Labute approximate surface area is 112 Å². The summed E-state index contributed by atoms with van der Waals surface area (Å²) in [6, 6.07) is 6.90. The molecule has 2 rings (SSSR count). The molecule has 0 radical (unpaired) electrons. The minimum Gasteiger partial charge on any atom is -0.486 e. The highest BCUT2D eigenvalue weighted by atomic mass is 16.6. The van der Waals surface area contributed by atoms with Crippen molar-refractivity contribution in [2.45, 2.75) is 18.6 Å². The van der Waals surface area contributed by atoms with E-state index in [2.05, 4.69) is 11.9 Å². The molecule has 102 valence electrons. The van der Waals surface area contributed by atoms with Gasteiger partial charge in [0.2, 0.25) is 5.91 Å². The van der Waals surface area contributed by atoms with Gasteiger partial charge in [0.1, 0.15) is 12.7 Å². The minimum atomic E-state index is -0.561. The first-order chi connectivity index (χ1) is 9.20. The predicted octanol–water partition coefficient (Wildman–Crippen LogP) is 0.846. The second-order valence-corrected chi connectivity index (χ2v) is 4.37. The van der Waals surface area contributed by atoms with Crippen molar-refractivity contribution < 1.29 is 14.3 Å². The third-order valence-corrected chi connectivity index (χ3v) is 2.83. The molecule has 0 aliphatic carbocycles. The Morgan fingerprint density at radius 2 is 2.26 bits per heavy atom. The van der Waals surface area contributed by atoms with Crippen molar-refractivity contribution in [1.29, 1.82) is 0 Å². The van der Waals surface area contributed by atoms with Crippen LogP contribution in [0.25, 0.3) is 0 Å². The van der Waals surface area contributed by atoms with Gasteiger partial charge in [0.15, 0.2) is 11.5 Å². The highest BCUT2D eigenvalue weighted by Gasteiger charge is 2.21. The van der Waals surface area contributed by atoms with Crippen molar-refractivity contribution in [1.82, 2.24) is 5.32 Å². The van der Waals surface area contributed by atoms with Crippen LogP contribution in [0, 0.1) is 0 Å². The summed E-state index contributed by atoms with van der Waals surface area (Å²) in [7, 11) is 0. The van der Waals surface area contributed by atoms with Gasteiger partial charge in [-0.2, -0.15) is 0 Å². The maximum atomic E-state index is 11.6. The summed E-state index contributed by atoms with van der Waals surface area (Å²) in [5.41, 5.74) is 5.66. The average Bonchev–Trinajstić information content (AvgIpc) is 2.44. The molecule has 0 aromatic heterocycles. The zero-order valence-electron chi connectivity index (χ0n) is 10.7. The number of carbonyl (C=O) groups is 1. The van der Waals surface area contributed by atoms with Crippen LogP contribution in [0.1, 0.15) is 6.42 Å². The van der Waals surface area contributed by atoms with Gasteiger partial charge in [-0.25, -0.2) is 0 Å². The Kier molecular flexibility index (Phi) is 4.41. The molecule has 1 aliphatic heterocycles. The molecule has 0 saturated heterocycles. The van der Waals surface area contributed by atoms with Gasteiger partial charge in [0, 0.05) is 0 Å². The molecule has 2 atom stereocenters.